The van der Waals surface area contributed by atoms with Gasteiger partial charge in [0.1, 0.15) is 11.3 Å². The number of hydrogen-bond donors (Lipinski definition) is 3. The number of nitrogens with zero attached hydrogens (tertiary/aromatic N) is 5. The number of nitrogens with two attached hydrogens (primary N) is 1. The minimum Gasteiger partial charge on any atom is -0.368 e. The van der Waals surface area contributed by atoms with Gasteiger partial charge in [0.15, 0.2) is 11.5 Å². The van der Waals surface area contributed by atoms with Gasteiger partial charge in [-0.05, 0) is 37.1 Å². The zero-order valence-electron chi connectivity index (χ0n) is 18.0. The maximum absolute atomic E-state index is 13.8. The number of rotatable bonds is 5. The Bertz CT molecular complexity index is 1560. The number of halogens is 1. The summed E-state index contributed by atoms with van der Waals surface area (Å²) in [6.07, 6.45) is 2.15. The monoisotopic (exact) mass is 460 g/mol. The molecule has 10 heteroatoms. The summed E-state index contributed by atoms with van der Waals surface area (Å²) in [5.41, 5.74) is 8.94. The molecule has 1 unspecified atom stereocenters. The Hall–Kier alpha value is -3.98. The van der Waals surface area contributed by atoms with Gasteiger partial charge < -0.3 is 16.0 Å². The molecule has 2 aromatic carbocycles. The third-order valence-electron chi connectivity index (χ3n) is 5.56. The average Bonchev–Trinajstić information content (AvgIpc) is 3.26. The number of benzene rings is 2. The van der Waals surface area contributed by atoms with Crippen LogP contribution in [0, 0.1) is 6.92 Å². The first-order valence-corrected chi connectivity index (χ1v) is 10.9. The molecule has 1 atom stereocenters. The molecule has 0 radical (unpaired) electrons. The van der Waals surface area contributed by atoms with Crippen molar-refractivity contribution in [3.63, 3.8) is 0 Å². The highest BCUT2D eigenvalue weighted by Gasteiger charge is 2.23. The molecule has 0 bridgehead atoms. The molecule has 5 rings (SSSR count). The van der Waals surface area contributed by atoms with Crippen LogP contribution in [0.25, 0.3) is 27.8 Å². The summed E-state index contributed by atoms with van der Waals surface area (Å²) in [6, 6.07) is 12.6. The fourth-order valence-electron chi connectivity index (χ4n) is 3.96. The molecule has 0 saturated carbocycles. The lowest BCUT2D eigenvalue weighted by Gasteiger charge is -2.23. The molecule has 3 heterocycles. The van der Waals surface area contributed by atoms with Crippen molar-refractivity contribution < 1.29 is 0 Å². The Morgan fingerprint density at radius 2 is 1.97 bits per heavy atom. The van der Waals surface area contributed by atoms with Gasteiger partial charge in [-0.3, -0.25) is 9.36 Å². The topological polar surface area (TPSA) is 127 Å². The molecule has 0 spiro atoms. The van der Waals surface area contributed by atoms with E-state index >= 15 is 0 Å². The summed E-state index contributed by atoms with van der Waals surface area (Å²) < 4.78 is 1.62. The van der Waals surface area contributed by atoms with Crippen molar-refractivity contribution in [2.75, 3.05) is 11.1 Å². The Balaban J connectivity index is 1.77. The van der Waals surface area contributed by atoms with Crippen LogP contribution in [0.15, 0.2) is 53.6 Å². The number of aryl methyl sites for hydroxylation is 1. The van der Waals surface area contributed by atoms with E-state index in [9.17, 15) is 4.79 Å². The molecule has 166 valence electrons. The van der Waals surface area contributed by atoms with Gasteiger partial charge in [-0.25, -0.2) is 9.97 Å². The van der Waals surface area contributed by atoms with Crippen molar-refractivity contribution in [3.8, 4) is 5.69 Å². The van der Waals surface area contributed by atoms with Crippen molar-refractivity contribution in [1.29, 1.82) is 0 Å². The van der Waals surface area contributed by atoms with Crippen molar-refractivity contribution in [1.82, 2.24) is 29.5 Å². The number of aromatic amines is 1. The lowest BCUT2D eigenvalue weighted by molar-refractivity contribution is 0.658. The number of nitrogens with one attached hydrogen (secondary N) is 2. The summed E-state index contributed by atoms with van der Waals surface area (Å²) in [4.78, 5) is 34.4. The molecule has 0 amide bonds. The highest BCUT2D eigenvalue weighted by atomic mass is 35.5. The first kappa shape index (κ1) is 20.9. The van der Waals surface area contributed by atoms with Gasteiger partial charge in [0, 0.05) is 0 Å². The Kier molecular flexibility index (Phi) is 5.18. The molecule has 0 fully saturated rings. The zero-order chi connectivity index (χ0) is 23.1. The second-order valence-electron chi connectivity index (χ2n) is 7.67. The molecule has 0 saturated heterocycles. The standard InChI is InChI=1S/C23H21ClN8O/c1-3-14(28-20-18-19(27-11-26-18)30-23(25)31-20)21-29-15-9-6-8-13(24)17(15)22(33)32(21)16-10-5-4-7-12(16)2/h4-11,14H,3H2,1-2H3,(H4,25,26,27,28,30,31). The summed E-state index contributed by atoms with van der Waals surface area (Å²) in [6.45, 7) is 3.96. The molecule has 5 aromatic rings. The largest absolute Gasteiger partial charge is 0.368 e. The van der Waals surface area contributed by atoms with Crippen LogP contribution in [0.3, 0.4) is 0 Å². The van der Waals surface area contributed by atoms with Gasteiger partial charge in [0.2, 0.25) is 5.95 Å². The maximum atomic E-state index is 13.8. The molecule has 9 nitrogen and oxygen atoms in total. The third-order valence-corrected chi connectivity index (χ3v) is 5.88. The predicted octanol–water partition coefficient (Wildman–Crippen LogP) is 4.16. The van der Waals surface area contributed by atoms with Gasteiger partial charge >= 0.3 is 0 Å². The minimum atomic E-state index is -0.374. The second kappa shape index (κ2) is 8.18. The van der Waals surface area contributed by atoms with Crippen LogP contribution in [-0.4, -0.2) is 29.5 Å². The fraction of sp³-hybridized carbons (Fsp3) is 0.174. The number of para-hydroxylation sites is 1. The normalized spacial score (nSPS) is 12.3. The van der Waals surface area contributed by atoms with E-state index in [4.69, 9.17) is 22.3 Å². The van der Waals surface area contributed by atoms with Gasteiger partial charge in [-0.15, -0.1) is 0 Å². The van der Waals surface area contributed by atoms with E-state index in [1.54, 1.807) is 22.8 Å². The number of H-pyrrole nitrogens is 1. The van der Waals surface area contributed by atoms with E-state index in [-0.39, 0.29) is 17.5 Å². The highest BCUT2D eigenvalue weighted by Crippen LogP contribution is 2.28. The van der Waals surface area contributed by atoms with E-state index in [0.29, 0.717) is 45.2 Å². The Labute approximate surface area is 193 Å². The van der Waals surface area contributed by atoms with Crippen molar-refractivity contribution in [2.45, 2.75) is 26.3 Å². The summed E-state index contributed by atoms with van der Waals surface area (Å²) in [7, 11) is 0. The molecule has 33 heavy (non-hydrogen) atoms. The first-order valence-electron chi connectivity index (χ1n) is 10.5. The lowest BCUT2D eigenvalue weighted by atomic mass is 10.1. The summed E-state index contributed by atoms with van der Waals surface area (Å²) in [5.74, 6) is 1.12. The number of fused-ring (bicyclic) bond motifs is 2. The van der Waals surface area contributed by atoms with Crippen LogP contribution in [0.2, 0.25) is 5.02 Å². The molecule has 0 aliphatic rings. The molecular formula is C23H21ClN8O. The molecular weight excluding hydrogens is 440 g/mol. The van der Waals surface area contributed by atoms with Crippen LogP contribution in [0.5, 0.6) is 0 Å². The van der Waals surface area contributed by atoms with Gasteiger partial charge in [-0.1, -0.05) is 42.8 Å². The number of hydrogen-bond acceptors (Lipinski definition) is 7. The van der Waals surface area contributed by atoms with Gasteiger partial charge in [-0.2, -0.15) is 9.97 Å². The van der Waals surface area contributed by atoms with E-state index in [1.165, 1.54) is 6.33 Å². The summed E-state index contributed by atoms with van der Waals surface area (Å²) >= 11 is 6.42. The molecule has 0 aliphatic carbocycles. The van der Waals surface area contributed by atoms with Crippen LogP contribution >= 0.6 is 11.6 Å². The van der Waals surface area contributed by atoms with Gasteiger partial charge in [0.05, 0.1) is 34.0 Å². The minimum absolute atomic E-state index is 0.0986. The van der Waals surface area contributed by atoms with Crippen LogP contribution < -0.4 is 16.6 Å². The van der Waals surface area contributed by atoms with E-state index in [2.05, 4.69) is 25.3 Å². The maximum Gasteiger partial charge on any atom is 0.267 e. The first-order chi connectivity index (χ1) is 16.0. The van der Waals surface area contributed by atoms with Crippen LogP contribution in [-0.2, 0) is 0 Å². The predicted molar refractivity (Wildman–Crippen MR) is 130 cm³/mol. The van der Waals surface area contributed by atoms with Crippen molar-refractivity contribution >= 4 is 45.4 Å². The molecule has 3 aromatic heterocycles. The summed E-state index contributed by atoms with van der Waals surface area (Å²) in [5, 5.41) is 4.14. The quantitative estimate of drug-likeness (QED) is 0.359. The van der Waals surface area contributed by atoms with Crippen LogP contribution in [0.1, 0.15) is 30.8 Å². The number of aromatic nitrogens is 6. The second-order valence-corrected chi connectivity index (χ2v) is 8.07. The average molecular weight is 461 g/mol. The number of anilines is 2. The Morgan fingerprint density at radius 3 is 2.76 bits per heavy atom. The smallest absolute Gasteiger partial charge is 0.267 e. The number of imidazole rings is 1. The van der Waals surface area contributed by atoms with E-state index in [0.717, 1.165) is 11.3 Å². The van der Waals surface area contributed by atoms with Gasteiger partial charge in [0.25, 0.3) is 5.56 Å². The van der Waals surface area contributed by atoms with E-state index < -0.39 is 0 Å². The lowest BCUT2D eigenvalue weighted by Crippen LogP contribution is -2.29. The number of nitrogen functional groups attached to an aromatic ring is 1. The highest BCUT2D eigenvalue weighted by molar-refractivity contribution is 6.35. The van der Waals surface area contributed by atoms with Crippen molar-refractivity contribution in [3.05, 3.63) is 75.6 Å². The molecule has 0 aliphatic heterocycles. The van der Waals surface area contributed by atoms with Crippen LogP contribution in [0.4, 0.5) is 11.8 Å². The Morgan fingerprint density at radius 1 is 1.15 bits per heavy atom. The molecule has 4 N–H and O–H groups in total. The fourth-order valence-corrected chi connectivity index (χ4v) is 4.21. The van der Waals surface area contributed by atoms with E-state index in [1.807, 2.05) is 38.1 Å². The van der Waals surface area contributed by atoms with Crippen molar-refractivity contribution in [2.24, 2.45) is 0 Å². The third kappa shape index (κ3) is 3.56. The zero-order valence-corrected chi connectivity index (χ0v) is 18.8. The SMILES string of the molecule is CCC(Nc1nc(N)nc2nc[nH]c12)c1nc2cccc(Cl)c2c(=O)n1-c1ccccc1C.